The van der Waals surface area contributed by atoms with Gasteiger partial charge in [0.05, 0.1) is 12.2 Å². The molecule has 1 aliphatic rings. The molecule has 1 heterocycles. The van der Waals surface area contributed by atoms with E-state index in [2.05, 4.69) is 0 Å². The SMILES string of the molecule is CO[C@@]1(CO)O[C@H](C(OC(=O)c2ccccc2)C(=O)c2ccccc2)C[C@@H]1O. The third-order valence-electron chi connectivity index (χ3n) is 4.78. The van der Waals surface area contributed by atoms with Crippen LogP contribution in [0.15, 0.2) is 60.7 Å². The van der Waals surface area contributed by atoms with Gasteiger partial charge in [-0.2, -0.15) is 0 Å². The molecule has 2 aromatic rings. The molecule has 0 spiro atoms. The number of carbonyl (C=O) groups is 2. The number of ketones is 1. The summed E-state index contributed by atoms with van der Waals surface area (Å²) in [4.78, 5) is 25.6. The first-order valence-corrected chi connectivity index (χ1v) is 8.88. The van der Waals surface area contributed by atoms with Gasteiger partial charge in [0.1, 0.15) is 12.2 Å². The average Bonchev–Trinajstić information content (AvgIpc) is 3.09. The zero-order valence-corrected chi connectivity index (χ0v) is 15.4. The van der Waals surface area contributed by atoms with Crippen LogP contribution in [0.5, 0.6) is 0 Å². The second-order valence-corrected chi connectivity index (χ2v) is 6.50. The first kappa shape index (κ1) is 20.2. The monoisotopic (exact) mass is 386 g/mol. The maximum absolute atomic E-state index is 13.1. The molecule has 2 N–H and O–H groups in total. The molecule has 4 atom stereocenters. The number of Topliss-reactive ketones (excluding diaryl/α,β-unsaturated/α-hetero) is 1. The summed E-state index contributed by atoms with van der Waals surface area (Å²) in [5, 5.41) is 19.9. The minimum Gasteiger partial charge on any atom is -0.448 e. The Balaban J connectivity index is 1.89. The lowest BCUT2D eigenvalue weighted by Crippen LogP contribution is -2.46. The number of benzene rings is 2. The van der Waals surface area contributed by atoms with Gasteiger partial charge in [0.25, 0.3) is 0 Å². The number of carbonyl (C=O) groups excluding carboxylic acids is 2. The number of esters is 1. The predicted molar refractivity (Wildman–Crippen MR) is 98.7 cm³/mol. The van der Waals surface area contributed by atoms with Crippen LogP contribution in [0.3, 0.4) is 0 Å². The average molecular weight is 386 g/mol. The molecule has 1 unspecified atom stereocenters. The summed E-state index contributed by atoms with van der Waals surface area (Å²) in [6.07, 6.45) is -3.52. The fourth-order valence-electron chi connectivity index (χ4n) is 3.18. The van der Waals surface area contributed by atoms with Gasteiger partial charge in [-0.25, -0.2) is 4.79 Å². The second-order valence-electron chi connectivity index (χ2n) is 6.50. The van der Waals surface area contributed by atoms with E-state index in [1.54, 1.807) is 60.7 Å². The van der Waals surface area contributed by atoms with Crippen LogP contribution in [0, 0.1) is 0 Å². The van der Waals surface area contributed by atoms with Crippen molar-refractivity contribution in [2.24, 2.45) is 0 Å². The van der Waals surface area contributed by atoms with Crippen LogP contribution >= 0.6 is 0 Å². The smallest absolute Gasteiger partial charge is 0.338 e. The summed E-state index contributed by atoms with van der Waals surface area (Å²) >= 11 is 0. The van der Waals surface area contributed by atoms with Crippen LogP contribution in [0.2, 0.25) is 0 Å². The number of hydrogen-bond acceptors (Lipinski definition) is 7. The zero-order valence-electron chi connectivity index (χ0n) is 15.4. The number of rotatable bonds is 7. The molecule has 0 aromatic heterocycles. The van der Waals surface area contributed by atoms with Crippen molar-refractivity contribution in [3.8, 4) is 0 Å². The quantitative estimate of drug-likeness (QED) is 0.550. The van der Waals surface area contributed by atoms with Crippen LogP contribution in [0.25, 0.3) is 0 Å². The fourth-order valence-corrected chi connectivity index (χ4v) is 3.18. The highest BCUT2D eigenvalue weighted by atomic mass is 16.7. The molecule has 7 nitrogen and oxygen atoms in total. The topological polar surface area (TPSA) is 102 Å². The van der Waals surface area contributed by atoms with E-state index in [4.69, 9.17) is 14.2 Å². The third-order valence-corrected chi connectivity index (χ3v) is 4.78. The molecule has 7 heteroatoms. The summed E-state index contributed by atoms with van der Waals surface area (Å²) in [7, 11) is 1.28. The molecule has 148 valence electrons. The molecule has 28 heavy (non-hydrogen) atoms. The van der Waals surface area contributed by atoms with Gasteiger partial charge in [-0.3, -0.25) is 4.79 Å². The summed E-state index contributed by atoms with van der Waals surface area (Å²) in [5.74, 6) is -2.82. The van der Waals surface area contributed by atoms with Gasteiger partial charge in [-0.15, -0.1) is 0 Å². The summed E-state index contributed by atoms with van der Waals surface area (Å²) < 4.78 is 16.3. The van der Waals surface area contributed by atoms with Crippen LogP contribution in [-0.2, 0) is 14.2 Å². The number of aliphatic hydroxyl groups is 2. The fraction of sp³-hybridized carbons (Fsp3) is 0.333. The molecule has 0 radical (unpaired) electrons. The van der Waals surface area contributed by atoms with Gasteiger partial charge in [-0.1, -0.05) is 48.5 Å². The van der Waals surface area contributed by atoms with E-state index in [9.17, 15) is 19.8 Å². The highest BCUT2D eigenvalue weighted by molar-refractivity contribution is 6.02. The van der Waals surface area contributed by atoms with Crippen molar-refractivity contribution in [1.82, 2.24) is 0 Å². The van der Waals surface area contributed by atoms with Crippen molar-refractivity contribution < 1.29 is 34.0 Å². The predicted octanol–water partition coefficient (Wildman–Crippen LogP) is 1.58. The van der Waals surface area contributed by atoms with Gasteiger partial charge < -0.3 is 24.4 Å². The Bertz CT molecular complexity index is 802. The van der Waals surface area contributed by atoms with Gasteiger partial charge in [-0.05, 0) is 12.1 Å². The maximum Gasteiger partial charge on any atom is 0.338 e. The Morgan fingerprint density at radius 2 is 1.68 bits per heavy atom. The lowest BCUT2D eigenvalue weighted by molar-refractivity contribution is -0.265. The lowest BCUT2D eigenvalue weighted by atomic mass is 9.98. The Kier molecular flexibility index (Phi) is 6.21. The Labute approximate surface area is 162 Å². The van der Waals surface area contributed by atoms with Crippen molar-refractivity contribution >= 4 is 11.8 Å². The first-order valence-electron chi connectivity index (χ1n) is 8.88. The first-order chi connectivity index (χ1) is 13.5. The summed E-state index contributed by atoms with van der Waals surface area (Å²) in [6, 6.07) is 16.6. The van der Waals surface area contributed by atoms with Crippen molar-refractivity contribution in [2.75, 3.05) is 13.7 Å². The molecule has 0 aliphatic carbocycles. The highest BCUT2D eigenvalue weighted by Crippen LogP contribution is 2.34. The molecule has 2 aromatic carbocycles. The molecule has 1 fully saturated rings. The van der Waals surface area contributed by atoms with Crippen LogP contribution in [0.1, 0.15) is 27.1 Å². The minimum absolute atomic E-state index is 0.0420. The van der Waals surface area contributed by atoms with Crippen molar-refractivity contribution in [1.29, 1.82) is 0 Å². The van der Waals surface area contributed by atoms with E-state index >= 15 is 0 Å². The van der Waals surface area contributed by atoms with Gasteiger partial charge >= 0.3 is 5.97 Å². The van der Waals surface area contributed by atoms with E-state index in [0.29, 0.717) is 5.56 Å². The molecule has 1 aliphatic heterocycles. The van der Waals surface area contributed by atoms with Crippen molar-refractivity contribution in [3.05, 3.63) is 71.8 Å². The molecule has 0 amide bonds. The lowest BCUT2D eigenvalue weighted by Gasteiger charge is -2.29. The summed E-state index contributed by atoms with van der Waals surface area (Å²) in [5.41, 5.74) is 0.623. The van der Waals surface area contributed by atoms with E-state index in [1.807, 2.05) is 0 Å². The largest absolute Gasteiger partial charge is 0.448 e. The Morgan fingerprint density at radius 1 is 1.11 bits per heavy atom. The van der Waals surface area contributed by atoms with Crippen LogP contribution in [0.4, 0.5) is 0 Å². The maximum atomic E-state index is 13.1. The molecule has 0 bridgehead atoms. The normalized spacial score (nSPS) is 25.2. The van der Waals surface area contributed by atoms with Gasteiger partial charge in [0.15, 0.2) is 6.10 Å². The van der Waals surface area contributed by atoms with Crippen LogP contribution in [-0.4, -0.2) is 59.8 Å². The number of hydrogen-bond donors (Lipinski definition) is 2. The Hall–Kier alpha value is -2.58. The third kappa shape index (κ3) is 3.98. The van der Waals surface area contributed by atoms with Gasteiger partial charge in [0.2, 0.25) is 11.6 Å². The molecular weight excluding hydrogens is 364 g/mol. The van der Waals surface area contributed by atoms with Crippen molar-refractivity contribution in [2.45, 2.75) is 30.5 Å². The molecule has 3 rings (SSSR count). The minimum atomic E-state index is -1.67. The molecule has 0 saturated carbocycles. The van der Waals surface area contributed by atoms with Gasteiger partial charge in [0, 0.05) is 19.1 Å². The Morgan fingerprint density at radius 3 is 2.18 bits per heavy atom. The van der Waals surface area contributed by atoms with E-state index < -0.39 is 42.5 Å². The van der Waals surface area contributed by atoms with Crippen molar-refractivity contribution in [3.63, 3.8) is 0 Å². The van der Waals surface area contributed by atoms with Crippen LogP contribution < -0.4 is 0 Å². The number of ether oxygens (including phenoxy) is 3. The zero-order chi connectivity index (χ0) is 20.1. The molecule has 1 saturated heterocycles. The second kappa shape index (κ2) is 8.62. The standard InChI is InChI=1S/C21H22O7/c1-26-21(13-22)17(23)12-16(28-21)19(18(24)14-8-4-2-5-9-14)27-20(25)15-10-6-3-7-11-15/h2-11,16-17,19,22-23H,12-13H2,1H3/t16-,17-,19?,21-/m0/s1. The van der Waals surface area contributed by atoms with E-state index in [0.717, 1.165) is 0 Å². The number of methoxy groups -OCH3 is 1. The van der Waals surface area contributed by atoms with E-state index in [-0.39, 0.29) is 12.0 Å². The number of aliphatic hydroxyl groups excluding tert-OH is 2. The molecular formula is C21H22O7. The summed E-state index contributed by atoms with van der Waals surface area (Å²) in [6.45, 7) is -0.611. The highest BCUT2D eigenvalue weighted by Gasteiger charge is 2.53. The van der Waals surface area contributed by atoms with E-state index in [1.165, 1.54) is 7.11 Å².